The van der Waals surface area contributed by atoms with Crippen LogP contribution in [0.25, 0.3) is 11.2 Å². The standard InChI is InChI=1S/C20H23N5O/c1-13(2)25-12-21-17-19(22-16-9-7-14(11-26)8-10-16)23-18(24-20(17)25)15-5-3-4-6-15/h7-13,15H,3-6H2,1-2H3,(H,22,23,24). The number of rotatable bonds is 5. The van der Waals surface area contributed by atoms with Crippen LogP contribution in [-0.4, -0.2) is 25.8 Å². The van der Waals surface area contributed by atoms with Crippen LogP contribution in [-0.2, 0) is 0 Å². The van der Waals surface area contributed by atoms with E-state index in [2.05, 4.69) is 28.7 Å². The van der Waals surface area contributed by atoms with Crippen LogP contribution in [0.1, 0.15) is 67.7 Å². The smallest absolute Gasteiger partial charge is 0.166 e. The Morgan fingerprint density at radius 1 is 1.15 bits per heavy atom. The molecule has 0 radical (unpaired) electrons. The van der Waals surface area contributed by atoms with Crippen LogP contribution in [0.3, 0.4) is 0 Å². The quantitative estimate of drug-likeness (QED) is 0.680. The lowest BCUT2D eigenvalue weighted by atomic mass is 10.1. The average Bonchev–Trinajstić information content (AvgIpc) is 3.32. The number of hydrogen-bond acceptors (Lipinski definition) is 5. The number of anilines is 2. The van der Waals surface area contributed by atoms with E-state index in [0.717, 1.165) is 47.6 Å². The topological polar surface area (TPSA) is 72.7 Å². The van der Waals surface area contributed by atoms with Gasteiger partial charge in [-0.2, -0.15) is 0 Å². The summed E-state index contributed by atoms with van der Waals surface area (Å²) in [5.41, 5.74) is 3.19. The lowest BCUT2D eigenvalue weighted by Gasteiger charge is -2.14. The number of hydrogen-bond donors (Lipinski definition) is 1. The molecule has 1 aliphatic carbocycles. The van der Waals surface area contributed by atoms with E-state index >= 15 is 0 Å². The molecule has 26 heavy (non-hydrogen) atoms. The first kappa shape index (κ1) is 16.7. The van der Waals surface area contributed by atoms with Crippen LogP contribution in [0.2, 0.25) is 0 Å². The highest BCUT2D eigenvalue weighted by Gasteiger charge is 2.23. The molecular weight excluding hydrogens is 326 g/mol. The van der Waals surface area contributed by atoms with Gasteiger partial charge < -0.3 is 9.88 Å². The van der Waals surface area contributed by atoms with Gasteiger partial charge in [-0.15, -0.1) is 0 Å². The first-order valence-corrected chi connectivity index (χ1v) is 9.22. The minimum Gasteiger partial charge on any atom is -0.338 e. The second kappa shape index (κ2) is 6.86. The Kier molecular flexibility index (Phi) is 4.41. The molecule has 2 aromatic heterocycles. The van der Waals surface area contributed by atoms with Gasteiger partial charge in [-0.25, -0.2) is 15.0 Å². The maximum Gasteiger partial charge on any atom is 0.166 e. The van der Waals surface area contributed by atoms with Crippen molar-refractivity contribution < 1.29 is 4.79 Å². The van der Waals surface area contributed by atoms with E-state index in [1.54, 1.807) is 12.1 Å². The fraction of sp³-hybridized carbons (Fsp3) is 0.400. The van der Waals surface area contributed by atoms with Gasteiger partial charge in [0, 0.05) is 23.2 Å². The molecule has 134 valence electrons. The predicted molar refractivity (Wildman–Crippen MR) is 102 cm³/mol. The molecule has 0 spiro atoms. The normalized spacial score (nSPS) is 15.0. The van der Waals surface area contributed by atoms with Gasteiger partial charge in [0.1, 0.15) is 12.1 Å². The molecular formula is C20H23N5O. The highest BCUT2D eigenvalue weighted by molar-refractivity contribution is 5.86. The number of carbonyl (C=O) groups is 1. The molecule has 6 nitrogen and oxygen atoms in total. The molecule has 3 aromatic rings. The number of benzene rings is 1. The molecule has 1 saturated carbocycles. The van der Waals surface area contributed by atoms with Crippen molar-refractivity contribution in [2.24, 2.45) is 0 Å². The van der Waals surface area contributed by atoms with Gasteiger partial charge in [0.2, 0.25) is 0 Å². The highest BCUT2D eigenvalue weighted by Crippen LogP contribution is 2.34. The van der Waals surface area contributed by atoms with E-state index < -0.39 is 0 Å². The largest absolute Gasteiger partial charge is 0.338 e. The average molecular weight is 349 g/mol. The summed E-state index contributed by atoms with van der Waals surface area (Å²) >= 11 is 0. The zero-order chi connectivity index (χ0) is 18.1. The number of aldehydes is 1. The Labute approximate surface area is 152 Å². The molecule has 0 bridgehead atoms. The number of carbonyl (C=O) groups excluding carboxylic acids is 1. The Morgan fingerprint density at radius 3 is 2.54 bits per heavy atom. The summed E-state index contributed by atoms with van der Waals surface area (Å²) in [7, 11) is 0. The lowest BCUT2D eigenvalue weighted by Crippen LogP contribution is -2.07. The highest BCUT2D eigenvalue weighted by atomic mass is 16.1. The summed E-state index contributed by atoms with van der Waals surface area (Å²) in [6.07, 6.45) is 7.46. The summed E-state index contributed by atoms with van der Waals surface area (Å²) in [4.78, 5) is 25.1. The molecule has 2 heterocycles. The molecule has 4 rings (SSSR count). The summed E-state index contributed by atoms with van der Waals surface area (Å²) in [6, 6.07) is 7.63. The Morgan fingerprint density at radius 2 is 1.88 bits per heavy atom. The summed E-state index contributed by atoms with van der Waals surface area (Å²) in [5, 5.41) is 3.37. The van der Waals surface area contributed by atoms with Gasteiger partial charge in [-0.1, -0.05) is 12.8 Å². The van der Waals surface area contributed by atoms with Crippen molar-refractivity contribution in [2.75, 3.05) is 5.32 Å². The molecule has 0 amide bonds. The minimum absolute atomic E-state index is 0.283. The third kappa shape index (κ3) is 3.07. The molecule has 1 N–H and O–H groups in total. The first-order chi connectivity index (χ1) is 12.7. The van der Waals surface area contributed by atoms with Gasteiger partial charge >= 0.3 is 0 Å². The van der Waals surface area contributed by atoms with Gasteiger partial charge in [0.15, 0.2) is 17.0 Å². The number of fused-ring (bicyclic) bond motifs is 1. The zero-order valence-corrected chi connectivity index (χ0v) is 15.1. The molecule has 1 aliphatic rings. The van der Waals surface area contributed by atoms with E-state index in [9.17, 15) is 4.79 Å². The van der Waals surface area contributed by atoms with Crippen molar-refractivity contribution in [1.82, 2.24) is 19.5 Å². The Balaban J connectivity index is 1.79. The third-order valence-electron chi connectivity index (χ3n) is 5.02. The molecule has 0 unspecified atom stereocenters. The first-order valence-electron chi connectivity index (χ1n) is 9.22. The van der Waals surface area contributed by atoms with E-state index in [1.807, 2.05) is 18.5 Å². The lowest BCUT2D eigenvalue weighted by molar-refractivity contribution is 0.112. The maximum atomic E-state index is 10.9. The predicted octanol–water partition coefficient (Wildman–Crippen LogP) is 4.62. The van der Waals surface area contributed by atoms with E-state index in [0.29, 0.717) is 11.5 Å². The van der Waals surface area contributed by atoms with Gasteiger partial charge in [-0.05, 0) is 51.0 Å². The van der Waals surface area contributed by atoms with E-state index in [4.69, 9.17) is 9.97 Å². The van der Waals surface area contributed by atoms with Crippen LogP contribution in [0.5, 0.6) is 0 Å². The van der Waals surface area contributed by atoms with Crippen LogP contribution in [0.4, 0.5) is 11.5 Å². The number of nitrogens with zero attached hydrogens (tertiary/aromatic N) is 4. The fourth-order valence-electron chi connectivity index (χ4n) is 3.55. The number of imidazole rings is 1. The van der Waals surface area contributed by atoms with Crippen LogP contribution in [0, 0.1) is 0 Å². The summed E-state index contributed by atoms with van der Waals surface area (Å²) < 4.78 is 2.09. The molecule has 0 aliphatic heterocycles. The summed E-state index contributed by atoms with van der Waals surface area (Å²) in [6.45, 7) is 4.26. The molecule has 0 atom stereocenters. The maximum absolute atomic E-state index is 10.9. The third-order valence-corrected chi connectivity index (χ3v) is 5.02. The van der Waals surface area contributed by atoms with Crippen molar-refractivity contribution in [1.29, 1.82) is 0 Å². The van der Waals surface area contributed by atoms with Crippen molar-refractivity contribution >= 4 is 29.0 Å². The number of aromatic nitrogens is 4. The molecule has 1 aromatic carbocycles. The van der Waals surface area contributed by atoms with Crippen LogP contribution < -0.4 is 5.32 Å². The van der Waals surface area contributed by atoms with Crippen molar-refractivity contribution in [3.8, 4) is 0 Å². The monoisotopic (exact) mass is 349 g/mol. The summed E-state index contributed by atoms with van der Waals surface area (Å²) in [5.74, 6) is 2.06. The van der Waals surface area contributed by atoms with E-state index in [-0.39, 0.29) is 6.04 Å². The van der Waals surface area contributed by atoms with Crippen LogP contribution in [0.15, 0.2) is 30.6 Å². The Bertz CT molecular complexity index is 923. The van der Waals surface area contributed by atoms with Crippen molar-refractivity contribution in [2.45, 2.75) is 51.5 Å². The van der Waals surface area contributed by atoms with Crippen LogP contribution >= 0.6 is 0 Å². The van der Waals surface area contributed by atoms with E-state index in [1.165, 1.54) is 12.8 Å². The van der Waals surface area contributed by atoms with Crippen molar-refractivity contribution in [3.63, 3.8) is 0 Å². The Hall–Kier alpha value is -2.76. The van der Waals surface area contributed by atoms with Crippen molar-refractivity contribution in [3.05, 3.63) is 42.0 Å². The van der Waals surface area contributed by atoms with Gasteiger partial charge in [0.05, 0.1) is 6.33 Å². The zero-order valence-electron chi connectivity index (χ0n) is 15.1. The SMILES string of the molecule is CC(C)n1cnc2c(Nc3ccc(C=O)cc3)nc(C3CCCC3)nc21. The van der Waals surface area contributed by atoms with Gasteiger partial charge in [0.25, 0.3) is 0 Å². The number of nitrogens with one attached hydrogen (secondary N) is 1. The second-order valence-corrected chi connectivity index (χ2v) is 7.19. The minimum atomic E-state index is 0.283. The molecule has 6 heteroatoms. The molecule has 0 saturated heterocycles. The fourth-order valence-corrected chi connectivity index (χ4v) is 3.55. The second-order valence-electron chi connectivity index (χ2n) is 7.19. The molecule has 1 fully saturated rings. The van der Waals surface area contributed by atoms with Gasteiger partial charge in [-0.3, -0.25) is 4.79 Å².